The first-order valence-electron chi connectivity index (χ1n) is 7.40. The molecule has 0 aliphatic rings. The molecule has 0 fully saturated rings. The molecule has 116 valence electrons. The molecule has 1 N–H and O–H groups in total. The second-order valence-corrected chi connectivity index (χ2v) is 6.29. The van der Waals surface area contributed by atoms with Crippen molar-refractivity contribution >= 4 is 17.7 Å². The standard InChI is InChI=1S/C18H21NO2S/c1-3-21-16-9-7-8-15(12-16)13-19-18(20)14(2)22-17-10-5-4-6-11-17/h4-12,14H,3,13H2,1-2H3,(H,19,20)/t14-/m0/s1. The molecule has 22 heavy (non-hydrogen) atoms. The second kappa shape index (κ2) is 8.49. The molecule has 4 heteroatoms. The zero-order valence-corrected chi connectivity index (χ0v) is 13.7. The maximum Gasteiger partial charge on any atom is 0.233 e. The fourth-order valence-electron chi connectivity index (χ4n) is 2.00. The van der Waals surface area contributed by atoms with E-state index in [1.165, 1.54) is 0 Å². The first kappa shape index (κ1) is 16.4. The normalized spacial score (nSPS) is 11.7. The lowest BCUT2D eigenvalue weighted by Crippen LogP contribution is -2.30. The number of carbonyl (C=O) groups excluding carboxylic acids is 1. The molecule has 0 radical (unpaired) electrons. The maximum absolute atomic E-state index is 12.2. The van der Waals surface area contributed by atoms with Crippen LogP contribution in [-0.4, -0.2) is 17.8 Å². The summed E-state index contributed by atoms with van der Waals surface area (Å²) in [7, 11) is 0. The molecule has 0 saturated heterocycles. The van der Waals surface area contributed by atoms with E-state index in [0.717, 1.165) is 16.2 Å². The van der Waals surface area contributed by atoms with Crippen LogP contribution in [0.25, 0.3) is 0 Å². The van der Waals surface area contributed by atoms with Crippen LogP contribution in [-0.2, 0) is 11.3 Å². The van der Waals surface area contributed by atoms with Gasteiger partial charge in [-0.3, -0.25) is 4.79 Å². The minimum absolute atomic E-state index is 0.0377. The predicted octanol–water partition coefficient (Wildman–Crippen LogP) is 3.88. The van der Waals surface area contributed by atoms with E-state index in [-0.39, 0.29) is 11.2 Å². The van der Waals surface area contributed by atoms with Crippen LogP contribution in [0.15, 0.2) is 59.5 Å². The molecule has 0 saturated carbocycles. The first-order valence-corrected chi connectivity index (χ1v) is 8.28. The molecule has 0 spiro atoms. The molecule has 2 aromatic rings. The van der Waals surface area contributed by atoms with Crippen molar-refractivity contribution in [2.24, 2.45) is 0 Å². The third kappa shape index (κ3) is 5.11. The minimum Gasteiger partial charge on any atom is -0.494 e. The van der Waals surface area contributed by atoms with Gasteiger partial charge in [-0.2, -0.15) is 0 Å². The molecular weight excluding hydrogens is 294 g/mol. The Hall–Kier alpha value is -1.94. The second-order valence-electron chi connectivity index (χ2n) is 4.87. The molecule has 0 aliphatic heterocycles. The Kier molecular flexibility index (Phi) is 6.34. The number of nitrogens with one attached hydrogen (secondary N) is 1. The van der Waals surface area contributed by atoms with Gasteiger partial charge in [0.1, 0.15) is 5.75 Å². The Labute approximate surface area is 136 Å². The average molecular weight is 315 g/mol. The van der Waals surface area contributed by atoms with Crippen molar-refractivity contribution in [2.45, 2.75) is 30.5 Å². The summed E-state index contributed by atoms with van der Waals surface area (Å²) in [6.45, 7) is 5.03. The van der Waals surface area contributed by atoms with E-state index in [0.29, 0.717) is 13.2 Å². The summed E-state index contributed by atoms with van der Waals surface area (Å²) in [5.41, 5.74) is 1.04. The summed E-state index contributed by atoms with van der Waals surface area (Å²) in [5, 5.41) is 2.85. The Bertz CT molecular complexity index is 601. The van der Waals surface area contributed by atoms with Crippen molar-refractivity contribution in [3.63, 3.8) is 0 Å². The summed E-state index contributed by atoms with van der Waals surface area (Å²) in [6.07, 6.45) is 0. The van der Waals surface area contributed by atoms with Gasteiger partial charge in [-0.25, -0.2) is 0 Å². The monoisotopic (exact) mass is 315 g/mol. The van der Waals surface area contributed by atoms with Crippen LogP contribution in [0.5, 0.6) is 5.75 Å². The summed E-state index contributed by atoms with van der Waals surface area (Å²) < 4.78 is 5.46. The summed E-state index contributed by atoms with van der Waals surface area (Å²) in [6, 6.07) is 17.8. The number of hydrogen-bond donors (Lipinski definition) is 1. The highest BCUT2D eigenvalue weighted by molar-refractivity contribution is 8.00. The van der Waals surface area contributed by atoms with Gasteiger partial charge in [-0.05, 0) is 43.7 Å². The first-order chi connectivity index (χ1) is 10.7. The van der Waals surface area contributed by atoms with E-state index in [9.17, 15) is 4.79 Å². The molecule has 1 amide bonds. The third-order valence-electron chi connectivity index (χ3n) is 3.10. The minimum atomic E-state index is -0.127. The van der Waals surface area contributed by atoms with Crippen molar-refractivity contribution in [3.05, 3.63) is 60.2 Å². The molecule has 0 unspecified atom stereocenters. The van der Waals surface area contributed by atoms with Crippen LogP contribution in [0, 0.1) is 0 Å². The van der Waals surface area contributed by atoms with Gasteiger partial charge in [0, 0.05) is 11.4 Å². The van der Waals surface area contributed by atoms with E-state index < -0.39 is 0 Å². The van der Waals surface area contributed by atoms with E-state index in [2.05, 4.69) is 5.32 Å². The van der Waals surface area contributed by atoms with Gasteiger partial charge in [-0.15, -0.1) is 11.8 Å². The van der Waals surface area contributed by atoms with Gasteiger partial charge in [0.15, 0.2) is 0 Å². The largest absolute Gasteiger partial charge is 0.494 e. The van der Waals surface area contributed by atoms with E-state index in [1.54, 1.807) is 11.8 Å². The zero-order valence-electron chi connectivity index (χ0n) is 12.9. The van der Waals surface area contributed by atoms with Crippen LogP contribution < -0.4 is 10.1 Å². The number of ether oxygens (including phenoxy) is 1. The predicted molar refractivity (Wildman–Crippen MR) is 91.2 cm³/mol. The molecule has 2 rings (SSSR count). The lowest BCUT2D eigenvalue weighted by molar-refractivity contribution is -0.120. The Balaban J connectivity index is 1.85. The van der Waals surface area contributed by atoms with Crippen LogP contribution in [0.4, 0.5) is 0 Å². The van der Waals surface area contributed by atoms with E-state index in [4.69, 9.17) is 4.74 Å². The lowest BCUT2D eigenvalue weighted by atomic mass is 10.2. The van der Waals surface area contributed by atoms with Gasteiger partial charge in [-0.1, -0.05) is 30.3 Å². The third-order valence-corrected chi connectivity index (χ3v) is 4.21. The van der Waals surface area contributed by atoms with Gasteiger partial charge >= 0.3 is 0 Å². The molecule has 3 nitrogen and oxygen atoms in total. The molecule has 0 heterocycles. The van der Waals surface area contributed by atoms with Crippen molar-refractivity contribution in [2.75, 3.05) is 6.61 Å². The quantitative estimate of drug-likeness (QED) is 0.788. The van der Waals surface area contributed by atoms with Gasteiger partial charge in [0.2, 0.25) is 5.91 Å². The van der Waals surface area contributed by atoms with Crippen molar-refractivity contribution < 1.29 is 9.53 Å². The molecule has 0 aromatic heterocycles. The Morgan fingerprint density at radius 3 is 2.68 bits per heavy atom. The number of carbonyl (C=O) groups is 1. The lowest BCUT2D eigenvalue weighted by Gasteiger charge is -2.12. The number of hydrogen-bond acceptors (Lipinski definition) is 3. The number of benzene rings is 2. The number of thioether (sulfide) groups is 1. The Morgan fingerprint density at radius 1 is 1.18 bits per heavy atom. The highest BCUT2D eigenvalue weighted by Crippen LogP contribution is 2.22. The average Bonchev–Trinajstić information content (AvgIpc) is 2.54. The SMILES string of the molecule is CCOc1cccc(CNC(=O)[C@H](C)Sc2ccccc2)c1. The molecule has 2 aromatic carbocycles. The fraction of sp³-hybridized carbons (Fsp3) is 0.278. The van der Waals surface area contributed by atoms with Gasteiger partial charge in [0.05, 0.1) is 11.9 Å². The van der Waals surface area contributed by atoms with Crippen LogP contribution in [0.3, 0.4) is 0 Å². The molecule has 0 aliphatic carbocycles. The number of amides is 1. The summed E-state index contributed by atoms with van der Waals surface area (Å²) in [5.74, 6) is 0.872. The van der Waals surface area contributed by atoms with Gasteiger partial charge in [0.25, 0.3) is 0 Å². The van der Waals surface area contributed by atoms with E-state index in [1.807, 2.05) is 68.4 Å². The van der Waals surface area contributed by atoms with Crippen LogP contribution in [0.1, 0.15) is 19.4 Å². The molecule has 0 bridgehead atoms. The number of rotatable bonds is 7. The van der Waals surface area contributed by atoms with Crippen LogP contribution in [0.2, 0.25) is 0 Å². The molecule has 1 atom stereocenters. The van der Waals surface area contributed by atoms with E-state index >= 15 is 0 Å². The van der Waals surface area contributed by atoms with Crippen molar-refractivity contribution in [1.82, 2.24) is 5.32 Å². The topological polar surface area (TPSA) is 38.3 Å². The van der Waals surface area contributed by atoms with Crippen molar-refractivity contribution in [3.8, 4) is 5.75 Å². The van der Waals surface area contributed by atoms with Crippen LogP contribution >= 0.6 is 11.8 Å². The maximum atomic E-state index is 12.2. The highest BCUT2D eigenvalue weighted by Gasteiger charge is 2.13. The summed E-state index contributed by atoms with van der Waals surface area (Å²) in [4.78, 5) is 13.3. The zero-order chi connectivity index (χ0) is 15.8. The molecular formula is C18H21NO2S. The Morgan fingerprint density at radius 2 is 1.95 bits per heavy atom. The smallest absolute Gasteiger partial charge is 0.233 e. The summed E-state index contributed by atoms with van der Waals surface area (Å²) >= 11 is 1.56. The van der Waals surface area contributed by atoms with Gasteiger partial charge < -0.3 is 10.1 Å². The highest BCUT2D eigenvalue weighted by atomic mass is 32.2. The fourth-order valence-corrected chi connectivity index (χ4v) is 2.91. The van der Waals surface area contributed by atoms with Crippen molar-refractivity contribution in [1.29, 1.82) is 0 Å².